The van der Waals surface area contributed by atoms with E-state index < -0.39 is 0 Å². The molecule has 0 aliphatic carbocycles. The summed E-state index contributed by atoms with van der Waals surface area (Å²) >= 11 is 11.9. The minimum Gasteiger partial charge on any atom is -0.474 e. The second-order valence-electron chi connectivity index (χ2n) is 3.91. The Balaban J connectivity index is 1.89. The van der Waals surface area contributed by atoms with Gasteiger partial charge in [-0.25, -0.2) is 0 Å². The van der Waals surface area contributed by atoms with Crippen LogP contribution in [-0.2, 0) is 6.54 Å². The third-order valence-electron chi connectivity index (χ3n) is 2.38. The quantitative estimate of drug-likeness (QED) is 0.860. The molecular formula is C13H13Cl2N3O. The zero-order chi connectivity index (χ0) is 13.7. The van der Waals surface area contributed by atoms with Gasteiger partial charge in [0.05, 0.1) is 10.7 Å². The minimum absolute atomic E-state index is 0.208. The summed E-state index contributed by atoms with van der Waals surface area (Å²) in [6.45, 7) is 2.46. The van der Waals surface area contributed by atoms with Crippen molar-refractivity contribution in [1.29, 1.82) is 0 Å². The first kappa shape index (κ1) is 14.1. The second kappa shape index (κ2) is 6.70. The van der Waals surface area contributed by atoms with Gasteiger partial charge in [-0.3, -0.25) is 15.3 Å². The maximum absolute atomic E-state index is 6.03. The third kappa shape index (κ3) is 4.35. The predicted molar refractivity (Wildman–Crippen MR) is 75.4 cm³/mol. The summed E-state index contributed by atoms with van der Waals surface area (Å²) < 4.78 is 5.67. The molecule has 1 N–H and O–H groups in total. The summed E-state index contributed by atoms with van der Waals surface area (Å²) in [5.74, 6) is 0.588. The summed E-state index contributed by atoms with van der Waals surface area (Å²) in [5, 5.41) is 4.24. The molecule has 0 radical (unpaired) electrons. The molecule has 0 fully saturated rings. The van der Waals surface area contributed by atoms with E-state index in [2.05, 4.69) is 15.3 Å². The lowest BCUT2D eigenvalue weighted by Crippen LogP contribution is -2.31. The van der Waals surface area contributed by atoms with Crippen LogP contribution in [0.2, 0.25) is 10.0 Å². The fourth-order valence-electron chi connectivity index (χ4n) is 1.47. The van der Waals surface area contributed by atoms with Crippen molar-refractivity contribution in [2.24, 2.45) is 0 Å². The van der Waals surface area contributed by atoms with E-state index in [0.29, 0.717) is 22.3 Å². The van der Waals surface area contributed by atoms with Crippen molar-refractivity contribution >= 4 is 23.2 Å². The molecule has 0 amide bonds. The van der Waals surface area contributed by atoms with Crippen LogP contribution in [0.15, 0.2) is 36.8 Å². The summed E-state index contributed by atoms with van der Waals surface area (Å²) in [4.78, 5) is 8.15. The molecule has 4 nitrogen and oxygen atoms in total. The third-order valence-corrected chi connectivity index (χ3v) is 2.92. The zero-order valence-electron chi connectivity index (χ0n) is 10.3. The number of rotatable bonds is 5. The molecule has 0 bridgehead atoms. The highest BCUT2D eigenvalue weighted by atomic mass is 35.5. The molecule has 1 heterocycles. The lowest BCUT2D eigenvalue weighted by Gasteiger charge is -2.17. The molecule has 1 aromatic heterocycles. The SMILES string of the molecule is CC(NCc1cnccn1)Oc1ccc(Cl)cc1Cl. The Bertz CT molecular complexity index is 537. The standard InChI is InChI=1S/C13H13Cl2N3O/c1-9(18-8-11-7-16-4-5-17-11)19-13-3-2-10(14)6-12(13)15/h2-7,9,18H,8H2,1H3. The number of hydrogen-bond donors (Lipinski definition) is 1. The van der Waals surface area contributed by atoms with E-state index in [1.807, 2.05) is 6.92 Å². The van der Waals surface area contributed by atoms with E-state index in [9.17, 15) is 0 Å². The van der Waals surface area contributed by atoms with Gasteiger partial charge in [-0.15, -0.1) is 0 Å². The van der Waals surface area contributed by atoms with E-state index in [1.54, 1.807) is 36.8 Å². The maximum Gasteiger partial charge on any atom is 0.147 e. The van der Waals surface area contributed by atoms with Crippen LogP contribution in [0.5, 0.6) is 5.75 Å². The average molecular weight is 298 g/mol. The average Bonchev–Trinajstić information content (AvgIpc) is 2.41. The van der Waals surface area contributed by atoms with Crippen LogP contribution >= 0.6 is 23.2 Å². The molecule has 1 atom stereocenters. The maximum atomic E-state index is 6.03. The number of halogens is 2. The summed E-state index contributed by atoms with van der Waals surface area (Å²) in [7, 11) is 0. The number of nitrogens with zero attached hydrogens (tertiary/aromatic N) is 2. The van der Waals surface area contributed by atoms with Gasteiger partial charge in [0.25, 0.3) is 0 Å². The zero-order valence-corrected chi connectivity index (χ0v) is 11.8. The molecule has 0 spiro atoms. The number of aromatic nitrogens is 2. The Morgan fingerprint density at radius 1 is 1.32 bits per heavy atom. The van der Waals surface area contributed by atoms with Gasteiger partial charge in [0.15, 0.2) is 0 Å². The van der Waals surface area contributed by atoms with Crippen LogP contribution in [0.1, 0.15) is 12.6 Å². The van der Waals surface area contributed by atoms with Crippen molar-refractivity contribution in [3.05, 3.63) is 52.5 Å². The number of ether oxygens (including phenoxy) is 1. The molecule has 2 rings (SSSR count). The topological polar surface area (TPSA) is 47.0 Å². The summed E-state index contributed by atoms with van der Waals surface area (Å²) in [5.41, 5.74) is 0.847. The lowest BCUT2D eigenvalue weighted by atomic mass is 10.3. The van der Waals surface area contributed by atoms with Gasteiger partial charge in [-0.2, -0.15) is 0 Å². The highest BCUT2D eigenvalue weighted by Gasteiger charge is 2.07. The van der Waals surface area contributed by atoms with Crippen LogP contribution in [0.4, 0.5) is 0 Å². The Kier molecular flexibility index (Phi) is 4.96. The lowest BCUT2D eigenvalue weighted by molar-refractivity contribution is 0.180. The van der Waals surface area contributed by atoms with Crippen molar-refractivity contribution in [1.82, 2.24) is 15.3 Å². The first-order valence-corrected chi connectivity index (χ1v) is 6.51. The summed E-state index contributed by atoms with van der Waals surface area (Å²) in [6, 6.07) is 5.12. The van der Waals surface area contributed by atoms with Gasteiger partial charge in [0.1, 0.15) is 12.0 Å². The molecule has 0 saturated carbocycles. The van der Waals surface area contributed by atoms with Gasteiger partial charge in [0, 0.05) is 30.2 Å². The minimum atomic E-state index is -0.208. The summed E-state index contributed by atoms with van der Waals surface area (Å²) in [6.07, 6.45) is 4.78. The van der Waals surface area contributed by atoms with E-state index in [-0.39, 0.29) is 6.23 Å². The second-order valence-corrected chi connectivity index (χ2v) is 4.76. The van der Waals surface area contributed by atoms with Gasteiger partial charge in [-0.1, -0.05) is 23.2 Å². The van der Waals surface area contributed by atoms with Crippen LogP contribution in [0, 0.1) is 0 Å². The fourth-order valence-corrected chi connectivity index (χ4v) is 1.93. The molecule has 19 heavy (non-hydrogen) atoms. The Labute approximate surface area is 121 Å². The van der Waals surface area contributed by atoms with Crippen molar-refractivity contribution in [2.75, 3.05) is 0 Å². The first-order chi connectivity index (χ1) is 9.15. The van der Waals surface area contributed by atoms with Crippen LogP contribution < -0.4 is 10.1 Å². The molecule has 100 valence electrons. The highest BCUT2D eigenvalue weighted by molar-refractivity contribution is 6.35. The normalized spacial score (nSPS) is 12.2. The van der Waals surface area contributed by atoms with Gasteiger partial charge < -0.3 is 4.74 Å². The van der Waals surface area contributed by atoms with Gasteiger partial charge >= 0.3 is 0 Å². The van der Waals surface area contributed by atoms with E-state index in [1.165, 1.54) is 0 Å². The number of benzene rings is 1. The molecule has 6 heteroatoms. The Hall–Kier alpha value is -1.36. The highest BCUT2D eigenvalue weighted by Crippen LogP contribution is 2.27. The van der Waals surface area contributed by atoms with Crippen LogP contribution in [-0.4, -0.2) is 16.2 Å². The van der Waals surface area contributed by atoms with Crippen LogP contribution in [0.3, 0.4) is 0 Å². The molecule has 1 aromatic carbocycles. The number of nitrogens with one attached hydrogen (secondary N) is 1. The van der Waals surface area contributed by atoms with Gasteiger partial charge in [-0.05, 0) is 25.1 Å². The molecule has 0 aliphatic heterocycles. The monoisotopic (exact) mass is 297 g/mol. The smallest absolute Gasteiger partial charge is 0.147 e. The van der Waals surface area contributed by atoms with Crippen LogP contribution in [0.25, 0.3) is 0 Å². The largest absolute Gasteiger partial charge is 0.474 e. The molecule has 0 aliphatic rings. The molecule has 1 unspecified atom stereocenters. The molecular weight excluding hydrogens is 285 g/mol. The van der Waals surface area contributed by atoms with Crippen molar-refractivity contribution in [2.45, 2.75) is 19.7 Å². The van der Waals surface area contributed by atoms with Crippen molar-refractivity contribution < 1.29 is 4.74 Å². The Morgan fingerprint density at radius 2 is 2.16 bits per heavy atom. The van der Waals surface area contributed by atoms with E-state index in [0.717, 1.165) is 5.69 Å². The predicted octanol–water partition coefficient (Wildman–Crippen LogP) is 3.30. The van der Waals surface area contributed by atoms with E-state index >= 15 is 0 Å². The number of hydrogen-bond acceptors (Lipinski definition) is 4. The molecule has 0 saturated heterocycles. The van der Waals surface area contributed by atoms with E-state index in [4.69, 9.17) is 27.9 Å². The Morgan fingerprint density at radius 3 is 2.84 bits per heavy atom. The van der Waals surface area contributed by atoms with Crippen molar-refractivity contribution in [3.63, 3.8) is 0 Å². The molecule has 2 aromatic rings. The van der Waals surface area contributed by atoms with Crippen molar-refractivity contribution in [3.8, 4) is 5.75 Å². The first-order valence-electron chi connectivity index (χ1n) is 5.75. The van der Waals surface area contributed by atoms with Gasteiger partial charge in [0.2, 0.25) is 0 Å². The fraction of sp³-hybridized carbons (Fsp3) is 0.231.